The number of nitrogens with one attached hydrogen (secondary N) is 1. The summed E-state index contributed by atoms with van der Waals surface area (Å²) in [6.07, 6.45) is 0.716. The number of nitrogens with zero attached hydrogens (tertiary/aromatic N) is 2. The van der Waals surface area contributed by atoms with Crippen molar-refractivity contribution in [3.63, 3.8) is 0 Å². The van der Waals surface area contributed by atoms with Crippen LogP contribution in [0.4, 0.5) is 0 Å². The topological polar surface area (TPSA) is 58.2 Å². The lowest BCUT2D eigenvalue weighted by atomic mass is 9.96. The third-order valence-electron chi connectivity index (χ3n) is 4.99. The third-order valence-corrected chi connectivity index (χ3v) is 5.98. The molecule has 4 rings (SSSR count). The normalized spacial score (nSPS) is 15.8. The van der Waals surface area contributed by atoms with Crippen LogP contribution < -0.4 is 0 Å². The van der Waals surface area contributed by atoms with E-state index in [2.05, 4.69) is 10.2 Å². The Hall–Kier alpha value is -2.05. The van der Waals surface area contributed by atoms with Crippen LogP contribution in [0.1, 0.15) is 34.1 Å². The third kappa shape index (κ3) is 3.76. The molecule has 0 fully saturated rings. The van der Waals surface area contributed by atoms with Crippen LogP contribution in [0.25, 0.3) is 11.3 Å². The van der Waals surface area contributed by atoms with Crippen LogP contribution in [-0.2, 0) is 4.74 Å². The van der Waals surface area contributed by atoms with Gasteiger partial charge >= 0.3 is 0 Å². The van der Waals surface area contributed by atoms with E-state index in [0.717, 1.165) is 22.4 Å². The van der Waals surface area contributed by atoms with Crippen LogP contribution in [0.15, 0.2) is 42.5 Å². The van der Waals surface area contributed by atoms with Crippen molar-refractivity contribution in [3.05, 3.63) is 74.4 Å². The Labute approximate surface area is 183 Å². The maximum atomic E-state index is 13.2. The number of rotatable bonds is 6. The van der Waals surface area contributed by atoms with E-state index < -0.39 is 0 Å². The minimum absolute atomic E-state index is 0.0973. The Morgan fingerprint density at radius 3 is 2.55 bits per heavy atom. The van der Waals surface area contributed by atoms with E-state index in [1.165, 1.54) is 0 Å². The summed E-state index contributed by atoms with van der Waals surface area (Å²) in [4.78, 5) is 15.0. The molecule has 1 amide bonds. The van der Waals surface area contributed by atoms with E-state index in [1.54, 1.807) is 31.4 Å². The molecule has 8 heteroatoms. The van der Waals surface area contributed by atoms with Crippen LogP contribution in [0.2, 0.25) is 15.1 Å². The lowest BCUT2D eigenvalue weighted by Gasteiger charge is -2.26. The second-order valence-corrected chi connectivity index (χ2v) is 8.04. The van der Waals surface area contributed by atoms with Gasteiger partial charge in [-0.3, -0.25) is 9.89 Å². The molecule has 1 atom stereocenters. The number of carbonyl (C=O) groups excluding carboxylic acids is 1. The van der Waals surface area contributed by atoms with Crippen molar-refractivity contribution in [3.8, 4) is 11.3 Å². The fourth-order valence-electron chi connectivity index (χ4n) is 3.66. The zero-order valence-corrected chi connectivity index (χ0v) is 17.9. The molecular weight excluding hydrogens is 433 g/mol. The van der Waals surface area contributed by atoms with Crippen molar-refractivity contribution >= 4 is 40.7 Å². The highest BCUT2D eigenvalue weighted by atomic mass is 35.5. The second-order valence-electron chi connectivity index (χ2n) is 6.79. The van der Waals surface area contributed by atoms with Crippen molar-refractivity contribution in [1.82, 2.24) is 15.1 Å². The molecule has 29 heavy (non-hydrogen) atoms. The molecule has 5 nitrogen and oxygen atoms in total. The molecule has 150 valence electrons. The van der Waals surface area contributed by atoms with Gasteiger partial charge in [0.25, 0.3) is 5.91 Å². The molecule has 0 bridgehead atoms. The number of hydrogen-bond donors (Lipinski definition) is 1. The summed E-state index contributed by atoms with van der Waals surface area (Å²) in [6.45, 7) is 1.11. The minimum Gasteiger partial charge on any atom is -0.385 e. The molecule has 2 aromatic carbocycles. The number of H-pyrrole nitrogens is 1. The highest BCUT2D eigenvalue weighted by Crippen LogP contribution is 2.43. The quantitative estimate of drug-likeness (QED) is 0.496. The smallest absolute Gasteiger partial charge is 0.273 e. The number of aromatic amines is 1. The van der Waals surface area contributed by atoms with Crippen molar-refractivity contribution in [2.24, 2.45) is 0 Å². The number of ether oxygens (including phenoxy) is 1. The first kappa shape index (κ1) is 20.2. The van der Waals surface area contributed by atoms with Gasteiger partial charge in [0.15, 0.2) is 0 Å². The van der Waals surface area contributed by atoms with E-state index >= 15 is 0 Å². The van der Waals surface area contributed by atoms with Crippen molar-refractivity contribution in [2.75, 3.05) is 20.3 Å². The zero-order chi connectivity index (χ0) is 20.5. The summed E-state index contributed by atoms with van der Waals surface area (Å²) in [6, 6.07) is 12.5. The van der Waals surface area contributed by atoms with E-state index in [0.29, 0.717) is 40.3 Å². The van der Waals surface area contributed by atoms with Gasteiger partial charge in [0.2, 0.25) is 0 Å². The number of amides is 1. The molecular formula is C21H18Cl3N3O2. The summed E-state index contributed by atoms with van der Waals surface area (Å²) in [5.41, 5.74) is 3.79. The first-order valence-corrected chi connectivity index (χ1v) is 10.2. The summed E-state index contributed by atoms with van der Waals surface area (Å²) in [5, 5.41) is 8.92. The first-order chi connectivity index (χ1) is 14.0. The van der Waals surface area contributed by atoms with Gasteiger partial charge in [-0.15, -0.1) is 0 Å². The highest BCUT2D eigenvalue weighted by Gasteiger charge is 2.42. The fourth-order valence-corrected chi connectivity index (χ4v) is 4.10. The fraction of sp³-hybridized carbons (Fsp3) is 0.238. The number of methoxy groups -OCH3 is 1. The number of halogens is 3. The molecule has 1 aliphatic rings. The van der Waals surface area contributed by atoms with Crippen LogP contribution in [-0.4, -0.2) is 41.3 Å². The second kappa shape index (κ2) is 8.36. The molecule has 0 radical (unpaired) electrons. The van der Waals surface area contributed by atoms with Gasteiger partial charge in [-0.1, -0.05) is 53.0 Å². The van der Waals surface area contributed by atoms with Gasteiger partial charge in [0, 0.05) is 36.4 Å². The molecule has 0 saturated heterocycles. The molecule has 1 N–H and O–H groups in total. The van der Waals surface area contributed by atoms with Gasteiger partial charge in [0.1, 0.15) is 5.69 Å². The maximum Gasteiger partial charge on any atom is 0.273 e. The number of carbonyl (C=O) groups is 1. The molecule has 0 aliphatic carbocycles. The summed E-state index contributed by atoms with van der Waals surface area (Å²) in [5.74, 6) is -0.0973. The standard InChI is InChI=1S/C21H18Cl3N3O2/c1-29-10-2-9-27-20(13-5-8-15(23)16(24)11-13)17-18(25-26-19(17)21(27)28)12-3-6-14(22)7-4-12/h3-8,11,20H,2,9-10H2,1H3,(H,25,26). The number of hydrogen-bond acceptors (Lipinski definition) is 3. The lowest BCUT2D eigenvalue weighted by molar-refractivity contribution is 0.0723. The highest BCUT2D eigenvalue weighted by molar-refractivity contribution is 6.42. The van der Waals surface area contributed by atoms with Gasteiger partial charge in [0.05, 0.1) is 21.8 Å². The van der Waals surface area contributed by atoms with Gasteiger partial charge in [-0.05, 0) is 36.2 Å². The van der Waals surface area contributed by atoms with Crippen LogP contribution >= 0.6 is 34.8 Å². The zero-order valence-electron chi connectivity index (χ0n) is 15.6. The monoisotopic (exact) mass is 449 g/mol. The van der Waals surface area contributed by atoms with Crippen LogP contribution in [0.5, 0.6) is 0 Å². The van der Waals surface area contributed by atoms with Crippen molar-refractivity contribution < 1.29 is 9.53 Å². The molecule has 2 heterocycles. The number of aromatic nitrogens is 2. The summed E-state index contributed by atoms with van der Waals surface area (Å²) < 4.78 is 5.17. The van der Waals surface area contributed by atoms with E-state index in [4.69, 9.17) is 39.5 Å². The predicted octanol–water partition coefficient (Wildman–Crippen LogP) is 5.62. The Morgan fingerprint density at radius 1 is 1.10 bits per heavy atom. The summed E-state index contributed by atoms with van der Waals surface area (Å²) >= 11 is 18.4. The molecule has 1 unspecified atom stereocenters. The Balaban J connectivity index is 1.83. The van der Waals surface area contributed by atoms with E-state index in [-0.39, 0.29) is 11.9 Å². The molecule has 0 spiro atoms. The van der Waals surface area contributed by atoms with Crippen LogP contribution in [0.3, 0.4) is 0 Å². The lowest BCUT2D eigenvalue weighted by Crippen LogP contribution is -2.31. The first-order valence-electron chi connectivity index (χ1n) is 9.10. The average Bonchev–Trinajstić information content (AvgIpc) is 3.25. The minimum atomic E-state index is -0.325. The van der Waals surface area contributed by atoms with Gasteiger partial charge in [-0.2, -0.15) is 5.10 Å². The van der Waals surface area contributed by atoms with Crippen molar-refractivity contribution in [2.45, 2.75) is 12.5 Å². The van der Waals surface area contributed by atoms with Gasteiger partial charge in [-0.25, -0.2) is 0 Å². The van der Waals surface area contributed by atoms with Crippen molar-refractivity contribution in [1.29, 1.82) is 0 Å². The maximum absolute atomic E-state index is 13.2. The molecule has 1 aromatic heterocycles. The van der Waals surface area contributed by atoms with E-state index in [1.807, 2.05) is 23.1 Å². The Bertz CT molecular complexity index is 1050. The Kier molecular flexibility index (Phi) is 5.83. The largest absolute Gasteiger partial charge is 0.385 e. The summed E-state index contributed by atoms with van der Waals surface area (Å²) in [7, 11) is 1.65. The molecule has 1 aliphatic heterocycles. The van der Waals surface area contributed by atoms with E-state index in [9.17, 15) is 4.79 Å². The predicted molar refractivity (Wildman–Crippen MR) is 115 cm³/mol. The SMILES string of the molecule is COCCCN1C(=O)c2[nH]nc(-c3ccc(Cl)cc3)c2C1c1ccc(Cl)c(Cl)c1. The van der Waals surface area contributed by atoms with Crippen LogP contribution in [0, 0.1) is 0 Å². The average molecular weight is 451 g/mol. The molecule has 0 saturated carbocycles. The molecule has 3 aromatic rings. The Morgan fingerprint density at radius 2 is 1.86 bits per heavy atom. The number of fused-ring (bicyclic) bond motifs is 1. The van der Waals surface area contributed by atoms with Gasteiger partial charge < -0.3 is 9.64 Å². The number of benzene rings is 2.